The highest BCUT2D eigenvalue weighted by atomic mass is 19.4. The van der Waals surface area contributed by atoms with Crippen molar-refractivity contribution in [3.8, 4) is 0 Å². The molecule has 0 radical (unpaired) electrons. The SMILES string of the molecule is CN(C)c1ccc(C(CN)C(F)(F)F)cc1. The lowest BCUT2D eigenvalue weighted by Gasteiger charge is -2.20. The third kappa shape index (κ3) is 2.88. The zero-order valence-electron chi connectivity index (χ0n) is 9.25. The Bertz CT molecular complexity index is 330. The molecule has 0 saturated carbocycles. The lowest BCUT2D eigenvalue weighted by atomic mass is 9.98. The molecule has 0 heterocycles. The van der Waals surface area contributed by atoms with Gasteiger partial charge in [0.1, 0.15) is 0 Å². The first-order chi connectivity index (χ1) is 7.36. The minimum Gasteiger partial charge on any atom is -0.378 e. The van der Waals surface area contributed by atoms with Gasteiger partial charge in [-0.2, -0.15) is 13.2 Å². The van der Waals surface area contributed by atoms with Gasteiger partial charge in [0.2, 0.25) is 0 Å². The van der Waals surface area contributed by atoms with Crippen molar-refractivity contribution in [2.45, 2.75) is 12.1 Å². The minimum atomic E-state index is -4.28. The molecule has 1 atom stereocenters. The fraction of sp³-hybridized carbons (Fsp3) is 0.455. The molecule has 0 spiro atoms. The molecule has 1 aromatic carbocycles. The molecule has 0 aliphatic rings. The predicted molar refractivity (Wildman–Crippen MR) is 58.6 cm³/mol. The molecule has 0 saturated heterocycles. The fourth-order valence-electron chi connectivity index (χ4n) is 1.46. The molecule has 16 heavy (non-hydrogen) atoms. The third-order valence-electron chi connectivity index (χ3n) is 2.44. The highest BCUT2D eigenvalue weighted by molar-refractivity contribution is 5.46. The van der Waals surface area contributed by atoms with Crippen LogP contribution in [0.4, 0.5) is 18.9 Å². The molecule has 0 fully saturated rings. The molecule has 2 N–H and O–H groups in total. The number of hydrogen-bond donors (Lipinski definition) is 1. The van der Waals surface area contributed by atoms with E-state index in [-0.39, 0.29) is 5.56 Å². The smallest absolute Gasteiger partial charge is 0.378 e. The molecule has 1 aromatic rings. The summed E-state index contributed by atoms with van der Waals surface area (Å²) in [6.07, 6.45) is -4.28. The Kier molecular flexibility index (Phi) is 3.80. The van der Waals surface area contributed by atoms with Crippen LogP contribution in [0.25, 0.3) is 0 Å². The summed E-state index contributed by atoms with van der Waals surface area (Å²) in [6, 6.07) is 6.26. The molecule has 0 bridgehead atoms. The van der Waals surface area contributed by atoms with E-state index in [1.807, 2.05) is 19.0 Å². The topological polar surface area (TPSA) is 29.3 Å². The standard InChI is InChI=1S/C11H15F3N2/c1-16(2)9-5-3-8(4-6-9)10(7-15)11(12,13)14/h3-6,10H,7,15H2,1-2H3. The zero-order chi connectivity index (χ0) is 12.3. The summed E-state index contributed by atoms with van der Waals surface area (Å²) in [6.45, 7) is -0.426. The van der Waals surface area contributed by atoms with Crippen LogP contribution in [0.1, 0.15) is 11.5 Å². The number of halogens is 3. The Morgan fingerprint density at radius 2 is 1.69 bits per heavy atom. The summed E-state index contributed by atoms with van der Waals surface area (Å²) >= 11 is 0. The fourth-order valence-corrected chi connectivity index (χ4v) is 1.46. The van der Waals surface area contributed by atoms with Gasteiger partial charge < -0.3 is 10.6 Å². The largest absolute Gasteiger partial charge is 0.396 e. The van der Waals surface area contributed by atoms with Gasteiger partial charge in [0, 0.05) is 26.3 Å². The van der Waals surface area contributed by atoms with E-state index >= 15 is 0 Å². The second-order valence-corrected chi connectivity index (χ2v) is 3.82. The molecule has 0 aliphatic heterocycles. The Balaban J connectivity index is 2.96. The van der Waals surface area contributed by atoms with Gasteiger partial charge in [-0.15, -0.1) is 0 Å². The van der Waals surface area contributed by atoms with E-state index in [1.54, 1.807) is 12.1 Å². The maximum atomic E-state index is 12.6. The van der Waals surface area contributed by atoms with Crippen LogP contribution < -0.4 is 10.6 Å². The molecule has 5 heteroatoms. The van der Waals surface area contributed by atoms with Crippen molar-refractivity contribution in [1.82, 2.24) is 0 Å². The van der Waals surface area contributed by atoms with E-state index in [1.165, 1.54) is 12.1 Å². The van der Waals surface area contributed by atoms with Crippen LogP contribution in [0.5, 0.6) is 0 Å². The molecule has 0 aliphatic carbocycles. The van der Waals surface area contributed by atoms with E-state index in [0.29, 0.717) is 0 Å². The molecule has 0 aromatic heterocycles. The van der Waals surface area contributed by atoms with Gasteiger partial charge in [0.25, 0.3) is 0 Å². The van der Waals surface area contributed by atoms with E-state index in [2.05, 4.69) is 0 Å². The minimum absolute atomic E-state index is 0.209. The van der Waals surface area contributed by atoms with Crippen molar-refractivity contribution in [2.75, 3.05) is 25.5 Å². The number of hydrogen-bond acceptors (Lipinski definition) is 2. The van der Waals surface area contributed by atoms with Gasteiger partial charge in [-0.1, -0.05) is 12.1 Å². The van der Waals surface area contributed by atoms with Crippen LogP contribution in [-0.2, 0) is 0 Å². The summed E-state index contributed by atoms with van der Waals surface area (Å²) in [5.41, 5.74) is 6.23. The van der Waals surface area contributed by atoms with Gasteiger partial charge in [-0.05, 0) is 17.7 Å². The molecular formula is C11H15F3N2. The Hall–Kier alpha value is -1.23. The predicted octanol–water partition coefficient (Wildman–Crippen LogP) is 2.36. The quantitative estimate of drug-likeness (QED) is 0.866. The average molecular weight is 232 g/mol. The van der Waals surface area contributed by atoms with Gasteiger partial charge in [0.15, 0.2) is 0 Å². The van der Waals surface area contributed by atoms with E-state index in [4.69, 9.17) is 5.73 Å². The molecule has 1 unspecified atom stereocenters. The second-order valence-electron chi connectivity index (χ2n) is 3.82. The number of nitrogens with zero attached hydrogens (tertiary/aromatic N) is 1. The van der Waals surface area contributed by atoms with Crippen molar-refractivity contribution in [1.29, 1.82) is 0 Å². The molecular weight excluding hydrogens is 217 g/mol. The number of nitrogens with two attached hydrogens (primary N) is 1. The van der Waals surface area contributed by atoms with E-state index in [9.17, 15) is 13.2 Å². The van der Waals surface area contributed by atoms with Crippen LogP contribution >= 0.6 is 0 Å². The van der Waals surface area contributed by atoms with E-state index < -0.39 is 18.6 Å². The summed E-state index contributed by atoms with van der Waals surface area (Å²) in [5, 5.41) is 0. The normalized spacial score (nSPS) is 13.6. The number of rotatable bonds is 3. The first kappa shape index (κ1) is 12.8. The first-order valence-electron chi connectivity index (χ1n) is 4.90. The molecule has 1 rings (SSSR count). The maximum Gasteiger partial charge on any atom is 0.396 e. The number of alkyl halides is 3. The molecule has 2 nitrogen and oxygen atoms in total. The molecule has 0 amide bonds. The van der Waals surface area contributed by atoms with Crippen molar-refractivity contribution >= 4 is 5.69 Å². The monoisotopic (exact) mass is 232 g/mol. The van der Waals surface area contributed by atoms with Crippen LogP contribution in [0.15, 0.2) is 24.3 Å². The Labute approximate surface area is 92.9 Å². The van der Waals surface area contributed by atoms with Crippen molar-refractivity contribution in [3.05, 3.63) is 29.8 Å². The number of benzene rings is 1. The summed E-state index contributed by atoms with van der Waals surface area (Å²) < 4.78 is 37.7. The van der Waals surface area contributed by atoms with Gasteiger partial charge in [0.05, 0.1) is 5.92 Å². The Morgan fingerprint density at radius 1 is 1.19 bits per heavy atom. The average Bonchev–Trinajstić information content (AvgIpc) is 2.17. The zero-order valence-corrected chi connectivity index (χ0v) is 9.25. The lowest BCUT2D eigenvalue weighted by molar-refractivity contribution is -0.148. The summed E-state index contributed by atoms with van der Waals surface area (Å²) in [4.78, 5) is 1.83. The van der Waals surface area contributed by atoms with Crippen LogP contribution in [-0.4, -0.2) is 26.8 Å². The Morgan fingerprint density at radius 3 is 2.00 bits per heavy atom. The number of anilines is 1. The van der Waals surface area contributed by atoms with Gasteiger partial charge in [-0.25, -0.2) is 0 Å². The summed E-state index contributed by atoms with van der Waals surface area (Å²) in [7, 11) is 3.67. The lowest BCUT2D eigenvalue weighted by Crippen LogP contribution is -2.28. The van der Waals surface area contributed by atoms with Crippen molar-refractivity contribution in [3.63, 3.8) is 0 Å². The van der Waals surface area contributed by atoms with Crippen molar-refractivity contribution < 1.29 is 13.2 Å². The van der Waals surface area contributed by atoms with Crippen molar-refractivity contribution in [2.24, 2.45) is 5.73 Å². The van der Waals surface area contributed by atoms with Crippen LogP contribution in [0.3, 0.4) is 0 Å². The summed E-state index contributed by atoms with van der Waals surface area (Å²) in [5.74, 6) is -1.58. The third-order valence-corrected chi connectivity index (χ3v) is 2.44. The highest BCUT2D eigenvalue weighted by Crippen LogP contribution is 2.34. The van der Waals surface area contributed by atoms with Crippen LogP contribution in [0.2, 0.25) is 0 Å². The van der Waals surface area contributed by atoms with Gasteiger partial charge >= 0.3 is 6.18 Å². The molecule has 90 valence electrons. The maximum absolute atomic E-state index is 12.6. The first-order valence-corrected chi connectivity index (χ1v) is 4.90. The van der Waals surface area contributed by atoms with E-state index in [0.717, 1.165) is 5.69 Å². The second kappa shape index (κ2) is 4.74. The highest BCUT2D eigenvalue weighted by Gasteiger charge is 2.39. The van der Waals surface area contributed by atoms with Crippen LogP contribution in [0, 0.1) is 0 Å². The van der Waals surface area contributed by atoms with Gasteiger partial charge in [-0.3, -0.25) is 0 Å².